The van der Waals surface area contributed by atoms with Crippen LogP contribution in [0.5, 0.6) is 0 Å². The third-order valence-electron chi connectivity index (χ3n) is 3.31. The zero-order valence-electron chi connectivity index (χ0n) is 10.8. The molecule has 1 saturated carbocycles. The van der Waals surface area contributed by atoms with Gasteiger partial charge < -0.3 is 10.6 Å². The predicted octanol–water partition coefficient (Wildman–Crippen LogP) is 1.90. The molecule has 1 rings (SSSR count). The zero-order chi connectivity index (χ0) is 11.6. The summed E-state index contributed by atoms with van der Waals surface area (Å²) in [7, 11) is 1.89. The SMILES string of the molecule is CC(C(=O)N(C)CC(C)(C)CN)C1CC1.Cl. The number of hydrogen-bond donors (Lipinski definition) is 1. The second kappa shape index (κ2) is 5.87. The quantitative estimate of drug-likeness (QED) is 0.808. The van der Waals surface area contributed by atoms with Gasteiger partial charge in [-0.15, -0.1) is 12.4 Å². The minimum Gasteiger partial charge on any atom is -0.345 e. The molecule has 1 amide bonds. The first-order valence-corrected chi connectivity index (χ1v) is 5.82. The maximum absolute atomic E-state index is 12.0. The highest BCUT2D eigenvalue weighted by atomic mass is 35.5. The molecule has 2 N–H and O–H groups in total. The Morgan fingerprint density at radius 3 is 2.38 bits per heavy atom. The van der Waals surface area contributed by atoms with E-state index >= 15 is 0 Å². The van der Waals surface area contributed by atoms with Gasteiger partial charge in [0.1, 0.15) is 0 Å². The number of rotatable bonds is 5. The summed E-state index contributed by atoms with van der Waals surface area (Å²) in [6.45, 7) is 7.60. The molecule has 0 spiro atoms. The van der Waals surface area contributed by atoms with Gasteiger partial charge in [-0.05, 0) is 30.7 Å². The maximum Gasteiger partial charge on any atom is 0.225 e. The molecule has 96 valence electrons. The average molecular weight is 249 g/mol. The smallest absolute Gasteiger partial charge is 0.225 e. The van der Waals surface area contributed by atoms with Gasteiger partial charge in [0.25, 0.3) is 0 Å². The predicted molar refractivity (Wildman–Crippen MR) is 69.6 cm³/mol. The Kier molecular flexibility index (Phi) is 5.77. The fourth-order valence-corrected chi connectivity index (χ4v) is 1.93. The van der Waals surface area contributed by atoms with Gasteiger partial charge in [0, 0.05) is 19.5 Å². The van der Waals surface area contributed by atoms with Crippen molar-refractivity contribution in [3.63, 3.8) is 0 Å². The molecule has 0 aromatic carbocycles. The number of nitrogens with two attached hydrogens (primary N) is 1. The Morgan fingerprint density at radius 1 is 1.50 bits per heavy atom. The number of halogens is 1. The van der Waals surface area contributed by atoms with Crippen LogP contribution in [0.1, 0.15) is 33.6 Å². The lowest BCUT2D eigenvalue weighted by Crippen LogP contribution is -2.42. The Bertz CT molecular complexity index is 239. The van der Waals surface area contributed by atoms with Gasteiger partial charge in [0.05, 0.1) is 0 Å². The van der Waals surface area contributed by atoms with Gasteiger partial charge in [-0.25, -0.2) is 0 Å². The lowest BCUT2D eigenvalue weighted by molar-refractivity contribution is -0.135. The molecule has 1 unspecified atom stereocenters. The summed E-state index contributed by atoms with van der Waals surface area (Å²) in [4.78, 5) is 13.8. The van der Waals surface area contributed by atoms with E-state index in [-0.39, 0.29) is 29.6 Å². The maximum atomic E-state index is 12.0. The average Bonchev–Trinajstić information content (AvgIpc) is 2.98. The first kappa shape index (κ1) is 15.7. The van der Waals surface area contributed by atoms with E-state index in [0.29, 0.717) is 12.5 Å². The molecule has 1 fully saturated rings. The first-order chi connectivity index (χ1) is 6.87. The highest BCUT2D eigenvalue weighted by Gasteiger charge is 2.34. The molecule has 16 heavy (non-hydrogen) atoms. The molecule has 3 nitrogen and oxygen atoms in total. The molecule has 0 radical (unpaired) electrons. The summed E-state index contributed by atoms with van der Waals surface area (Å²) >= 11 is 0. The third-order valence-corrected chi connectivity index (χ3v) is 3.31. The summed E-state index contributed by atoms with van der Waals surface area (Å²) in [6, 6.07) is 0. The Hall–Kier alpha value is -0.280. The van der Waals surface area contributed by atoms with Crippen molar-refractivity contribution in [2.75, 3.05) is 20.1 Å². The van der Waals surface area contributed by atoms with Crippen molar-refractivity contribution in [1.82, 2.24) is 4.90 Å². The van der Waals surface area contributed by atoms with Crippen molar-refractivity contribution in [1.29, 1.82) is 0 Å². The van der Waals surface area contributed by atoms with Crippen molar-refractivity contribution >= 4 is 18.3 Å². The molecule has 0 bridgehead atoms. The van der Waals surface area contributed by atoms with Gasteiger partial charge in [-0.2, -0.15) is 0 Å². The summed E-state index contributed by atoms with van der Waals surface area (Å²) in [5, 5.41) is 0. The fraction of sp³-hybridized carbons (Fsp3) is 0.917. The summed E-state index contributed by atoms with van der Waals surface area (Å²) in [6.07, 6.45) is 2.45. The summed E-state index contributed by atoms with van der Waals surface area (Å²) in [5.41, 5.74) is 5.69. The van der Waals surface area contributed by atoms with Crippen molar-refractivity contribution in [3.05, 3.63) is 0 Å². The van der Waals surface area contributed by atoms with Gasteiger partial charge in [-0.1, -0.05) is 20.8 Å². The molecule has 0 aromatic rings. The van der Waals surface area contributed by atoms with Crippen molar-refractivity contribution < 1.29 is 4.79 Å². The number of amides is 1. The molecule has 0 saturated heterocycles. The van der Waals surface area contributed by atoms with Crippen LogP contribution in [0.15, 0.2) is 0 Å². The van der Waals surface area contributed by atoms with E-state index in [2.05, 4.69) is 13.8 Å². The van der Waals surface area contributed by atoms with Crippen LogP contribution < -0.4 is 5.73 Å². The third kappa shape index (κ3) is 4.30. The van der Waals surface area contributed by atoms with E-state index in [1.165, 1.54) is 12.8 Å². The number of carbonyl (C=O) groups is 1. The van der Waals surface area contributed by atoms with Gasteiger partial charge in [0.15, 0.2) is 0 Å². The lowest BCUT2D eigenvalue weighted by atomic mass is 9.92. The van der Waals surface area contributed by atoms with Crippen LogP contribution in [0, 0.1) is 17.3 Å². The first-order valence-electron chi connectivity index (χ1n) is 5.82. The van der Waals surface area contributed by atoms with E-state index < -0.39 is 0 Å². The number of carbonyl (C=O) groups excluding carboxylic acids is 1. The highest BCUT2D eigenvalue weighted by Crippen LogP contribution is 2.37. The Labute approximate surface area is 105 Å². The molecule has 0 aliphatic heterocycles. The molecule has 1 atom stereocenters. The Balaban J connectivity index is 0.00000225. The normalized spacial score (nSPS) is 17.6. The minimum atomic E-state index is 0. The second-order valence-electron chi connectivity index (χ2n) is 5.69. The number of hydrogen-bond acceptors (Lipinski definition) is 2. The monoisotopic (exact) mass is 248 g/mol. The number of nitrogens with zero attached hydrogens (tertiary/aromatic N) is 1. The summed E-state index contributed by atoms with van der Waals surface area (Å²) < 4.78 is 0. The zero-order valence-corrected chi connectivity index (χ0v) is 11.6. The van der Waals surface area contributed by atoms with E-state index in [1.54, 1.807) is 0 Å². The van der Waals surface area contributed by atoms with Gasteiger partial charge >= 0.3 is 0 Å². The fourth-order valence-electron chi connectivity index (χ4n) is 1.93. The second-order valence-corrected chi connectivity index (χ2v) is 5.69. The Morgan fingerprint density at radius 2 is 2.00 bits per heavy atom. The van der Waals surface area contributed by atoms with Crippen LogP contribution in [0.2, 0.25) is 0 Å². The van der Waals surface area contributed by atoms with Crippen molar-refractivity contribution in [2.45, 2.75) is 33.6 Å². The molecule has 0 heterocycles. The van der Waals surface area contributed by atoms with Crippen LogP contribution >= 0.6 is 12.4 Å². The highest BCUT2D eigenvalue weighted by molar-refractivity contribution is 5.85. The molecular weight excluding hydrogens is 224 g/mol. The van der Waals surface area contributed by atoms with Crippen LogP contribution in [-0.2, 0) is 4.79 Å². The van der Waals surface area contributed by atoms with Crippen molar-refractivity contribution in [3.8, 4) is 0 Å². The van der Waals surface area contributed by atoms with Crippen molar-refractivity contribution in [2.24, 2.45) is 23.0 Å². The topological polar surface area (TPSA) is 46.3 Å². The molecule has 1 aliphatic carbocycles. The van der Waals surface area contributed by atoms with E-state index in [9.17, 15) is 4.79 Å². The molecular formula is C12H25ClN2O. The lowest BCUT2D eigenvalue weighted by Gasteiger charge is -2.30. The molecule has 4 heteroatoms. The van der Waals surface area contributed by atoms with Crippen LogP contribution in [0.4, 0.5) is 0 Å². The summed E-state index contributed by atoms with van der Waals surface area (Å²) in [5.74, 6) is 1.11. The van der Waals surface area contributed by atoms with E-state index in [1.807, 2.05) is 18.9 Å². The van der Waals surface area contributed by atoms with Crippen LogP contribution in [0.25, 0.3) is 0 Å². The standard InChI is InChI=1S/C12H24N2O.ClH/c1-9(10-5-6-10)11(15)14(4)8-12(2,3)7-13;/h9-10H,5-8,13H2,1-4H3;1H. The minimum absolute atomic E-state index is 0. The van der Waals surface area contributed by atoms with Crippen LogP contribution in [0.3, 0.4) is 0 Å². The van der Waals surface area contributed by atoms with Gasteiger partial charge in [0.2, 0.25) is 5.91 Å². The molecule has 1 aliphatic rings. The van der Waals surface area contributed by atoms with E-state index in [0.717, 1.165) is 6.54 Å². The largest absolute Gasteiger partial charge is 0.345 e. The molecule has 0 aromatic heterocycles. The van der Waals surface area contributed by atoms with Crippen LogP contribution in [-0.4, -0.2) is 30.9 Å². The van der Waals surface area contributed by atoms with Gasteiger partial charge in [-0.3, -0.25) is 4.79 Å². The van der Waals surface area contributed by atoms with E-state index in [4.69, 9.17) is 5.73 Å².